The fraction of sp³-hybridized carbons (Fsp3) is 0.333. The maximum absolute atomic E-state index is 13.5. The summed E-state index contributed by atoms with van der Waals surface area (Å²) in [5.74, 6) is -0.479. The molecule has 1 fully saturated rings. The molecule has 2 aromatic heterocycles. The zero-order valence-corrected chi connectivity index (χ0v) is 15.3. The third-order valence-corrected chi connectivity index (χ3v) is 5.24. The first-order valence-electron chi connectivity index (χ1n) is 8.63. The predicted molar refractivity (Wildman–Crippen MR) is 101 cm³/mol. The lowest BCUT2D eigenvalue weighted by Crippen LogP contribution is -2.35. The number of hydrogen-bond acceptors (Lipinski definition) is 8. The number of rotatable bonds is 4. The van der Waals surface area contributed by atoms with Crippen LogP contribution in [0.15, 0.2) is 28.7 Å². The van der Waals surface area contributed by atoms with Crippen LogP contribution >= 0.6 is 11.6 Å². The maximum Gasteiger partial charge on any atom is 0.223 e. The molecule has 28 heavy (non-hydrogen) atoms. The fourth-order valence-electron chi connectivity index (χ4n) is 3.53. The van der Waals surface area contributed by atoms with Gasteiger partial charge in [-0.05, 0) is 30.7 Å². The van der Waals surface area contributed by atoms with Gasteiger partial charge in [-0.2, -0.15) is 4.98 Å². The number of furan rings is 1. The fourth-order valence-corrected chi connectivity index (χ4v) is 3.80. The van der Waals surface area contributed by atoms with E-state index in [4.69, 9.17) is 21.8 Å². The van der Waals surface area contributed by atoms with Crippen molar-refractivity contribution in [3.8, 4) is 11.3 Å². The van der Waals surface area contributed by atoms with Crippen LogP contribution in [-0.2, 0) is 0 Å². The number of fused-ring (bicyclic) bond motifs is 1. The molecule has 1 aromatic carbocycles. The second kappa shape index (κ2) is 7.17. The molecule has 1 saturated carbocycles. The van der Waals surface area contributed by atoms with Crippen LogP contribution in [0.1, 0.15) is 6.42 Å². The average Bonchev–Trinajstić information content (AvgIpc) is 3.16. The highest BCUT2D eigenvalue weighted by molar-refractivity contribution is 6.32. The van der Waals surface area contributed by atoms with Crippen LogP contribution < -0.4 is 11.1 Å². The van der Waals surface area contributed by atoms with Gasteiger partial charge in [0.15, 0.2) is 0 Å². The van der Waals surface area contributed by atoms with E-state index in [1.807, 2.05) is 0 Å². The van der Waals surface area contributed by atoms with Gasteiger partial charge in [-0.3, -0.25) is 0 Å². The molecule has 0 spiro atoms. The first kappa shape index (κ1) is 18.9. The smallest absolute Gasteiger partial charge is 0.223 e. The SMILES string of the molecule is Nc1nc(Cl)c(-c2cc3cc(F)ccc3o2)c(N[C@@H]2C[C@H](CO)[C@@H](O)[C@H]2O)n1. The minimum absolute atomic E-state index is 0.0151. The zero-order chi connectivity index (χ0) is 20.0. The summed E-state index contributed by atoms with van der Waals surface area (Å²) in [5.41, 5.74) is 6.46. The molecule has 0 bridgehead atoms. The number of hydrogen-bond donors (Lipinski definition) is 5. The van der Waals surface area contributed by atoms with Crippen molar-refractivity contribution in [3.63, 3.8) is 0 Å². The number of aliphatic hydroxyl groups excluding tert-OH is 3. The van der Waals surface area contributed by atoms with Crippen LogP contribution in [0, 0.1) is 11.7 Å². The van der Waals surface area contributed by atoms with E-state index in [-0.39, 0.29) is 23.5 Å². The summed E-state index contributed by atoms with van der Waals surface area (Å²) in [5, 5.41) is 33.2. The summed E-state index contributed by atoms with van der Waals surface area (Å²) < 4.78 is 19.2. The van der Waals surface area contributed by atoms with Gasteiger partial charge in [0, 0.05) is 17.9 Å². The van der Waals surface area contributed by atoms with Gasteiger partial charge < -0.3 is 30.8 Å². The molecule has 4 rings (SSSR count). The number of aliphatic hydroxyl groups is 3. The summed E-state index contributed by atoms with van der Waals surface area (Å²) in [6.45, 7) is -0.259. The lowest BCUT2D eigenvalue weighted by molar-refractivity contribution is 0.00446. The summed E-state index contributed by atoms with van der Waals surface area (Å²) in [6, 6.07) is 5.10. The number of aromatic nitrogens is 2. The van der Waals surface area contributed by atoms with Gasteiger partial charge in [0.25, 0.3) is 0 Å². The van der Waals surface area contributed by atoms with Crippen molar-refractivity contribution in [2.75, 3.05) is 17.7 Å². The van der Waals surface area contributed by atoms with Crippen molar-refractivity contribution >= 4 is 34.3 Å². The summed E-state index contributed by atoms with van der Waals surface area (Å²) >= 11 is 6.28. The molecule has 0 aliphatic heterocycles. The standard InChI is InChI=1S/C18H18ClFN4O4/c19-16-13(12-5-7-3-9(20)1-2-11(7)28-12)17(24-18(21)23-16)22-10-4-8(6-25)14(26)15(10)27/h1-3,5,8,10,14-15,25-27H,4,6H2,(H3,21,22,23,24)/t8-,10-,14-,15+/m1/s1. The van der Waals surface area contributed by atoms with Crippen LogP contribution in [0.3, 0.4) is 0 Å². The Labute approximate surface area is 163 Å². The number of halogens is 2. The number of benzene rings is 1. The van der Waals surface area contributed by atoms with E-state index in [0.29, 0.717) is 28.7 Å². The highest BCUT2D eigenvalue weighted by atomic mass is 35.5. The quantitative estimate of drug-likeness (QED) is 0.412. The zero-order valence-electron chi connectivity index (χ0n) is 14.5. The van der Waals surface area contributed by atoms with Gasteiger partial charge in [0.2, 0.25) is 5.95 Å². The summed E-state index contributed by atoms with van der Waals surface area (Å²) in [4.78, 5) is 8.10. The Morgan fingerprint density at radius 3 is 2.75 bits per heavy atom. The molecule has 4 atom stereocenters. The van der Waals surface area contributed by atoms with Crippen molar-refractivity contribution in [1.29, 1.82) is 0 Å². The second-order valence-corrected chi connectivity index (χ2v) is 7.16. The van der Waals surface area contributed by atoms with Crippen LogP contribution in [0.2, 0.25) is 5.15 Å². The Morgan fingerprint density at radius 2 is 2.04 bits per heavy atom. The number of nitrogens with zero attached hydrogens (tertiary/aromatic N) is 2. The third kappa shape index (κ3) is 3.26. The molecule has 3 aromatic rings. The average molecular weight is 409 g/mol. The minimum Gasteiger partial charge on any atom is -0.456 e. The monoisotopic (exact) mass is 408 g/mol. The van der Waals surface area contributed by atoms with Gasteiger partial charge in [-0.1, -0.05) is 11.6 Å². The molecular weight excluding hydrogens is 391 g/mol. The highest BCUT2D eigenvalue weighted by Crippen LogP contribution is 2.38. The largest absolute Gasteiger partial charge is 0.456 e. The Kier molecular flexibility index (Phi) is 4.84. The van der Waals surface area contributed by atoms with E-state index in [1.165, 1.54) is 18.2 Å². The summed E-state index contributed by atoms with van der Waals surface area (Å²) in [6.07, 6.45) is -1.88. The third-order valence-electron chi connectivity index (χ3n) is 4.97. The van der Waals surface area contributed by atoms with Crippen LogP contribution in [0.25, 0.3) is 22.3 Å². The Morgan fingerprint density at radius 1 is 1.25 bits per heavy atom. The minimum atomic E-state index is -1.12. The molecule has 0 radical (unpaired) electrons. The van der Waals surface area contributed by atoms with E-state index in [1.54, 1.807) is 6.07 Å². The summed E-state index contributed by atoms with van der Waals surface area (Å²) in [7, 11) is 0. The van der Waals surface area contributed by atoms with Crippen molar-refractivity contribution in [2.24, 2.45) is 5.92 Å². The van der Waals surface area contributed by atoms with E-state index < -0.39 is 30.0 Å². The Bertz CT molecular complexity index is 1030. The van der Waals surface area contributed by atoms with Gasteiger partial charge >= 0.3 is 0 Å². The molecule has 8 nitrogen and oxygen atoms in total. The molecule has 6 N–H and O–H groups in total. The normalized spacial score (nSPS) is 24.8. The number of anilines is 2. The molecule has 10 heteroatoms. The van der Waals surface area contributed by atoms with Crippen molar-refractivity contribution in [3.05, 3.63) is 35.2 Å². The van der Waals surface area contributed by atoms with Gasteiger partial charge in [-0.25, -0.2) is 9.37 Å². The first-order chi connectivity index (χ1) is 13.4. The van der Waals surface area contributed by atoms with Crippen molar-refractivity contribution < 1.29 is 24.1 Å². The van der Waals surface area contributed by atoms with Gasteiger partial charge in [0.1, 0.15) is 34.2 Å². The Balaban J connectivity index is 1.75. The molecule has 0 unspecified atom stereocenters. The van der Waals surface area contributed by atoms with Crippen LogP contribution in [0.4, 0.5) is 16.2 Å². The molecule has 1 aliphatic rings. The molecule has 2 heterocycles. The Hall–Kier alpha value is -2.46. The van der Waals surface area contributed by atoms with Gasteiger partial charge in [0.05, 0.1) is 17.7 Å². The molecule has 0 amide bonds. The van der Waals surface area contributed by atoms with Crippen LogP contribution in [0.5, 0.6) is 0 Å². The molecule has 148 valence electrons. The number of nitrogens with two attached hydrogens (primary N) is 1. The van der Waals surface area contributed by atoms with E-state index in [0.717, 1.165) is 0 Å². The van der Waals surface area contributed by atoms with Crippen molar-refractivity contribution in [2.45, 2.75) is 24.7 Å². The lowest BCUT2D eigenvalue weighted by atomic mass is 10.1. The second-order valence-electron chi connectivity index (χ2n) is 6.80. The first-order valence-corrected chi connectivity index (χ1v) is 9.01. The topological polar surface area (TPSA) is 138 Å². The number of nitrogens with one attached hydrogen (secondary N) is 1. The highest BCUT2D eigenvalue weighted by Gasteiger charge is 2.41. The molecule has 1 aliphatic carbocycles. The molecule has 0 saturated heterocycles. The molecular formula is C18H18ClFN4O4. The lowest BCUT2D eigenvalue weighted by Gasteiger charge is -2.20. The van der Waals surface area contributed by atoms with E-state index >= 15 is 0 Å². The predicted octanol–water partition coefficient (Wildman–Crippen LogP) is 1.78. The maximum atomic E-state index is 13.5. The van der Waals surface area contributed by atoms with Crippen LogP contribution in [-0.4, -0.2) is 50.1 Å². The van der Waals surface area contributed by atoms with E-state index in [9.17, 15) is 19.7 Å². The number of nitrogen functional groups attached to an aromatic ring is 1. The van der Waals surface area contributed by atoms with Gasteiger partial charge in [-0.15, -0.1) is 0 Å². The van der Waals surface area contributed by atoms with Crippen molar-refractivity contribution in [1.82, 2.24) is 9.97 Å². The van der Waals surface area contributed by atoms with E-state index in [2.05, 4.69) is 15.3 Å².